The molecule has 2 aromatic heterocycles. The zero-order chi connectivity index (χ0) is 15.9. The van der Waals surface area contributed by atoms with Gasteiger partial charge in [0.25, 0.3) is 0 Å². The molecular formula is C17H22N6. The Kier molecular flexibility index (Phi) is 5.03. The summed E-state index contributed by atoms with van der Waals surface area (Å²) in [5.41, 5.74) is 2.46. The van der Waals surface area contributed by atoms with Crippen LogP contribution in [0.15, 0.2) is 36.7 Å². The lowest BCUT2D eigenvalue weighted by Gasteiger charge is -2.07. The summed E-state index contributed by atoms with van der Waals surface area (Å²) in [5, 5.41) is 15.8. The molecule has 3 rings (SSSR count). The molecule has 0 spiro atoms. The van der Waals surface area contributed by atoms with Crippen molar-refractivity contribution in [1.29, 1.82) is 0 Å². The number of rotatable bonds is 8. The summed E-state index contributed by atoms with van der Waals surface area (Å²) in [5.74, 6) is 1.33. The Morgan fingerprint density at radius 2 is 2.04 bits per heavy atom. The molecule has 0 aliphatic carbocycles. The number of aromatic nitrogens is 4. The molecule has 1 aromatic carbocycles. The lowest BCUT2D eigenvalue weighted by Crippen LogP contribution is -2.11. The van der Waals surface area contributed by atoms with Crippen LogP contribution in [0.4, 0.5) is 11.8 Å². The SMILES string of the molecule is CCCCNc1cnnc(NCCc2c[nH]c3ccccc23)n1. The first-order valence-corrected chi connectivity index (χ1v) is 8.09. The first-order valence-electron chi connectivity index (χ1n) is 8.09. The Bertz CT molecular complexity index is 751. The molecule has 0 saturated carbocycles. The highest BCUT2D eigenvalue weighted by Crippen LogP contribution is 2.18. The van der Waals surface area contributed by atoms with E-state index in [9.17, 15) is 0 Å². The van der Waals surface area contributed by atoms with E-state index in [0.717, 1.165) is 38.2 Å². The van der Waals surface area contributed by atoms with E-state index in [4.69, 9.17) is 0 Å². The van der Waals surface area contributed by atoms with Crippen LogP contribution in [0.25, 0.3) is 10.9 Å². The third-order valence-corrected chi connectivity index (χ3v) is 3.75. The van der Waals surface area contributed by atoms with E-state index in [1.54, 1.807) is 6.20 Å². The number of para-hydroxylation sites is 1. The number of fused-ring (bicyclic) bond motifs is 1. The summed E-state index contributed by atoms with van der Waals surface area (Å²) in [6.45, 7) is 3.84. The van der Waals surface area contributed by atoms with Gasteiger partial charge in [-0.15, -0.1) is 5.10 Å². The van der Waals surface area contributed by atoms with Gasteiger partial charge < -0.3 is 15.6 Å². The minimum atomic E-state index is 0.561. The van der Waals surface area contributed by atoms with E-state index < -0.39 is 0 Å². The van der Waals surface area contributed by atoms with Gasteiger partial charge in [-0.2, -0.15) is 10.1 Å². The highest BCUT2D eigenvalue weighted by molar-refractivity contribution is 5.83. The highest BCUT2D eigenvalue weighted by atomic mass is 15.3. The van der Waals surface area contributed by atoms with Crippen LogP contribution >= 0.6 is 0 Å². The van der Waals surface area contributed by atoms with Gasteiger partial charge in [0.15, 0.2) is 0 Å². The zero-order valence-electron chi connectivity index (χ0n) is 13.3. The molecule has 0 unspecified atom stereocenters. The number of benzene rings is 1. The van der Waals surface area contributed by atoms with Crippen molar-refractivity contribution < 1.29 is 0 Å². The Labute approximate surface area is 135 Å². The topological polar surface area (TPSA) is 78.5 Å². The fourth-order valence-corrected chi connectivity index (χ4v) is 2.50. The van der Waals surface area contributed by atoms with Crippen LogP contribution in [0.1, 0.15) is 25.3 Å². The molecule has 0 bridgehead atoms. The van der Waals surface area contributed by atoms with Crippen molar-refractivity contribution in [1.82, 2.24) is 20.2 Å². The summed E-state index contributed by atoms with van der Waals surface area (Å²) in [4.78, 5) is 7.72. The van der Waals surface area contributed by atoms with E-state index in [0.29, 0.717) is 5.95 Å². The monoisotopic (exact) mass is 310 g/mol. The van der Waals surface area contributed by atoms with Gasteiger partial charge in [0.05, 0.1) is 6.20 Å². The summed E-state index contributed by atoms with van der Waals surface area (Å²) in [6, 6.07) is 8.32. The molecule has 3 aromatic rings. The van der Waals surface area contributed by atoms with Crippen LogP contribution in [0.2, 0.25) is 0 Å². The van der Waals surface area contributed by atoms with Crippen molar-refractivity contribution in [2.75, 3.05) is 23.7 Å². The number of hydrogen-bond acceptors (Lipinski definition) is 5. The van der Waals surface area contributed by atoms with Gasteiger partial charge in [-0.05, 0) is 24.5 Å². The van der Waals surface area contributed by atoms with Gasteiger partial charge >= 0.3 is 0 Å². The highest BCUT2D eigenvalue weighted by Gasteiger charge is 2.04. The van der Waals surface area contributed by atoms with E-state index in [-0.39, 0.29) is 0 Å². The maximum Gasteiger partial charge on any atom is 0.244 e. The van der Waals surface area contributed by atoms with E-state index >= 15 is 0 Å². The first kappa shape index (κ1) is 15.3. The van der Waals surface area contributed by atoms with Crippen LogP contribution < -0.4 is 10.6 Å². The van der Waals surface area contributed by atoms with Crippen LogP contribution in [-0.4, -0.2) is 33.3 Å². The second-order valence-electron chi connectivity index (χ2n) is 5.48. The maximum atomic E-state index is 4.42. The molecule has 0 fully saturated rings. The second-order valence-corrected chi connectivity index (χ2v) is 5.48. The molecule has 0 radical (unpaired) electrons. The van der Waals surface area contributed by atoms with Crippen molar-refractivity contribution in [3.63, 3.8) is 0 Å². The molecule has 0 amide bonds. The van der Waals surface area contributed by atoms with Gasteiger partial charge in [0.2, 0.25) is 5.95 Å². The standard InChI is InChI=1S/C17H22N6/c1-2-3-9-18-16-12-21-23-17(22-16)19-10-8-13-11-20-15-7-5-4-6-14(13)15/h4-7,11-12,20H,2-3,8-10H2,1H3,(H2,18,19,22,23). The normalized spacial score (nSPS) is 10.8. The summed E-state index contributed by atoms with van der Waals surface area (Å²) in [7, 11) is 0. The van der Waals surface area contributed by atoms with Gasteiger partial charge in [0.1, 0.15) is 5.82 Å². The van der Waals surface area contributed by atoms with Gasteiger partial charge in [-0.1, -0.05) is 31.5 Å². The Hall–Kier alpha value is -2.63. The minimum Gasteiger partial charge on any atom is -0.369 e. The van der Waals surface area contributed by atoms with Crippen molar-refractivity contribution in [3.8, 4) is 0 Å². The van der Waals surface area contributed by atoms with Crippen LogP contribution in [0, 0.1) is 0 Å². The Morgan fingerprint density at radius 1 is 1.13 bits per heavy atom. The van der Waals surface area contributed by atoms with E-state index in [1.807, 2.05) is 6.07 Å². The van der Waals surface area contributed by atoms with Crippen LogP contribution in [0.3, 0.4) is 0 Å². The number of hydrogen-bond donors (Lipinski definition) is 3. The molecule has 0 saturated heterocycles. The van der Waals surface area contributed by atoms with Crippen molar-refractivity contribution in [3.05, 3.63) is 42.2 Å². The van der Waals surface area contributed by atoms with Crippen LogP contribution in [-0.2, 0) is 6.42 Å². The van der Waals surface area contributed by atoms with Crippen molar-refractivity contribution in [2.24, 2.45) is 0 Å². The lowest BCUT2D eigenvalue weighted by atomic mass is 10.1. The van der Waals surface area contributed by atoms with Crippen molar-refractivity contribution in [2.45, 2.75) is 26.2 Å². The van der Waals surface area contributed by atoms with E-state index in [1.165, 1.54) is 16.5 Å². The number of H-pyrrole nitrogens is 1. The molecule has 0 aliphatic rings. The van der Waals surface area contributed by atoms with E-state index in [2.05, 4.69) is 62.1 Å². The molecule has 23 heavy (non-hydrogen) atoms. The van der Waals surface area contributed by atoms with Gasteiger partial charge in [-0.25, -0.2) is 0 Å². The largest absolute Gasteiger partial charge is 0.369 e. The first-order chi connectivity index (χ1) is 11.4. The third-order valence-electron chi connectivity index (χ3n) is 3.75. The average molecular weight is 310 g/mol. The number of aromatic amines is 1. The smallest absolute Gasteiger partial charge is 0.244 e. The molecule has 120 valence electrons. The number of anilines is 2. The van der Waals surface area contributed by atoms with Crippen molar-refractivity contribution >= 4 is 22.7 Å². The minimum absolute atomic E-state index is 0.561. The maximum absolute atomic E-state index is 4.42. The molecule has 6 nitrogen and oxygen atoms in total. The van der Waals surface area contributed by atoms with Gasteiger partial charge in [-0.3, -0.25) is 0 Å². The number of unbranched alkanes of at least 4 members (excludes halogenated alkanes) is 1. The summed E-state index contributed by atoms with van der Waals surface area (Å²) >= 11 is 0. The summed E-state index contributed by atoms with van der Waals surface area (Å²) < 4.78 is 0. The second kappa shape index (κ2) is 7.58. The molecular weight excluding hydrogens is 288 g/mol. The molecule has 3 N–H and O–H groups in total. The number of nitrogens with one attached hydrogen (secondary N) is 3. The summed E-state index contributed by atoms with van der Waals surface area (Å²) in [6.07, 6.45) is 6.89. The average Bonchev–Trinajstić information content (AvgIpc) is 2.99. The third kappa shape index (κ3) is 3.97. The Morgan fingerprint density at radius 3 is 2.96 bits per heavy atom. The molecule has 0 atom stereocenters. The van der Waals surface area contributed by atoms with Gasteiger partial charge in [0, 0.05) is 30.2 Å². The molecule has 6 heteroatoms. The fourth-order valence-electron chi connectivity index (χ4n) is 2.50. The zero-order valence-corrected chi connectivity index (χ0v) is 13.3. The molecule has 0 aliphatic heterocycles. The lowest BCUT2D eigenvalue weighted by molar-refractivity contribution is 0.826. The predicted molar refractivity (Wildman–Crippen MR) is 93.7 cm³/mol. The fraction of sp³-hybridized carbons (Fsp3) is 0.353. The number of nitrogens with zero attached hydrogens (tertiary/aromatic N) is 3. The quantitative estimate of drug-likeness (QED) is 0.557. The predicted octanol–water partition coefficient (Wildman–Crippen LogP) is 3.22. The van der Waals surface area contributed by atoms with Crippen LogP contribution in [0.5, 0.6) is 0 Å². The Balaban J connectivity index is 1.55. The molecule has 2 heterocycles.